The molecule has 0 aliphatic carbocycles. The number of thioether (sulfide) groups is 1. The van der Waals surface area contributed by atoms with Crippen LogP contribution in [0, 0.1) is 0 Å². The van der Waals surface area contributed by atoms with E-state index < -0.39 is 10.0 Å². The van der Waals surface area contributed by atoms with Crippen molar-refractivity contribution in [2.24, 2.45) is 0 Å². The Hall–Kier alpha value is -2.65. The number of nitrogens with one attached hydrogen (secondary N) is 1. The predicted molar refractivity (Wildman–Crippen MR) is 126 cm³/mol. The van der Waals surface area contributed by atoms with Crippen LogP contribution in [0.1, 0.15) is 15.9 Å². The van der Waals surface area contributed by atoms with E-state index in [1.165, 1.54) is 22.0 Å². The molecule has 1 saturated heterocycles. The summed E-state index contributed by atoms with van der Waals surface area (Å²) in [6, 6.07) is 23.8. The molecule has 8 heteroatoms. The highest BCUT2D eigenvalue weighted by Crippen LogP contribution is 2.27. The predicted octanol–water partition coefficient (Wildman–Crippen LogP) is 4.25. The molecule has 0 radical (unpaired) electrons. The number of amides is 1. The van der Waals surface area contributed by atoms with Crippen molar-refractivity contribution in [1.82, 2.24) is 4.31 Å². The van der Waals surface area contributed by atoms with Gasteiger partial charge in [0.05, 0.1) is 23.7 Å². The molecule has 3 aromatic rings. The maximum Gasteiger partial charge on any atom is 0.256 e. The minimum Gasteiger partial charge on any atom is -0.379 e. The molecule has 0 saturated carbocycles. The largest absolute Gasteiger partial charge is 0.379 e. The van der Waals surface area contributed by atoms with Crippen LogP contribution in [0.3, 0.4) is 0 Å². The Labute approximate surface area is 192 Å². The average Bonchev–Trinajstić information content (AvgIpc) is 2.84. The topological polar surface area (TPSA) is 75.7 Å². The van der Waals surface area contributed by atoms with Crippen LogP contribution >= 0.6 is 11.8 Å². The number of morpholine rings is 1. The number of rotatable bonds is 7. The van der Waals surface area contributed by atoms with E-state index in [0.29, 0.717) is 37.6 Å². The summed E-state index contributed by atoms with van der Waals surface area (Å²) in [7, 11) is -3.56. The number of hydrogen-bond donors (Lipinski definition) is 1. The summed E-state index contributed by atoms with van der Waals surface area (Å²) in [4.78, 5) is 14.0. The zero-order chi connectivity index (χ0) is 22.4. The number of sulfonamides is 1. The molecule has 6 nitrogen and oxygen atoms in total. The van der Waals surface area contributed by atoms with Gasteiger partial charge in [0.2, 0.25) is 10.0 Å². The van der Waals surface area contributed by atoms with Crippen molar-refractivity contribution in [1.29, 1.82) is 0 Å². The first-order valence-corrected chi connectivity index (χ1v) is 12.7. The van der Waals surface area contributed by atoms with E-state index in [1.54, 1.807) is 30.0 Å². The van der Waals surface area contributed by atoms with Gasteiger partial charge in [-0.15, -0.1) is 11.8 Å². The summed E-state index contributed by atoms with van der Waals surface area (Å²) in [6.07, 6.45) is 0. The maximum absolute atomic E-state index is 12.9. The van der Waals surface area contributed by atoms with Crippen molar-refractivity contribution in [2.75, 3.05) is 31.6 Å². The highest BCUT2D eigenvalue weighted by atomic mass is 32.2. The first-order chi connectivity index (χ1) is 15.5. The van der Waals surface area contributed by atoms with E-state index in [1.807, 2.05) is 36.4 Å². The second-order valence-electron chi connectivity index (χ2n) is 7.27. The van der Waals surface area contributed by atoms with Crippen molar-refractivity contribution >= 4 is 33.4 Å². The summed E-state index contributed by atoms with van der Waals surface area (Å²) in [5, 5.41) is 2.87. The lowest BCUT2D eigenvalue weighted by Gasteiger charge is -2.26. The normalized spacial score (nSPS) is 14.8. The van der Waals surface area contributed by atoms with Crippen molar-refractivity contribution in [3.8, 4) is 0 Å². The summed E-state index contributed by atoms with van der Waals surface area (Å²) in [5.74, 6) is 0.532. The Kier molecular flexibility index (Phi) is 7.26. The van der Waals surface area contributed by atoms with Gasteiger partial charge in [-0.2, -0.15) is 4.31 Å². The number of carbonyl (C=O) groups excluding carboxylic acids is 1. The Morgan fingerprint density at radius 3 is 2.28 bits per heavy atom. The number of ether oxygens (including phenoxy) is 1. The van der Waals surface area contributed by atoms with Gasteiger partial charge >= 0.3 is 0 Å². The van der Waals surface area contributed by atoms with E-state index in [9.17, 15) is 13.2 Å². The van der Waals surface area contributed by atoms with Crippen molar-refractivity contribution < 1.29 is 17.9 Å². The lowest BCUT2D eigenvalue weighted by atomic mass is 10.2. The van der Waals surface area contributed by atoms with Crippen LogP contribution in [0.15, 0.2) is 88.7 Å². The molecule has 1 fully saturated rings. The molecule has 1 N–H and O–H groups in total. The summed E-state index contributed by atoms with van der Waals surface area (Å²) in [6.45, 7) is 1.49. The second kappa shape index (κ2) is 10.3. The highest BCUT2D eigenvalue weighted by molar-refractivity contribution is 7.98. The zero-order valence-electron chi connectivity index (χ0n) is 17.4. The molecule has 1 amide bonds. The molecule has 0 bridgehead atoms. The maximum atomic E-state index is 12.9. The third kappa shape index (κ3) is 5.39. The van der Waals surface area contributed by atoms with Crippen LogP contribution in [-0.2, 0) is 20.5 Å². The van der Waals surface area contributed by atoms with Gasteiger partial charge in [-0.25, -0.2) is 8.42 Å². The third-order valence-corrected chi connectivity index (χ3v) is 8.15. The Bertz CT molecular complexity index is 1160. The number of carbonyl (C=O) groups is 1. The van der Waals surface area contributed by atoms with Gasteiger partial charge in [0.15, 0.2) is 0 Å². The van der Waals surface area contributed by atoms with E-state index in [4.69, 9.17) is 4.74 Å². The highest BCUT2D eigenvalue weighted by Gasteiger charge is 2.26. The van der Waals surface area contributed by atoms with E-state index in [-0.39, 0.29) is 10.8 Å². The molecule has 166 valence electrons. The molecule has 3 aromatic carbocycles. The number of anilines is 1. The van der Waals surface area contributed by atoms with Gasteiger partial charge in [-0.1, -0.05) is 42.5 Å². The zero-order valence-corrected chi connectivity index (χ0v) is 19.1. The quantitative estimate of drug-likeness (QED) is 0.525. The lowest BCUT2D eigenvalue weighted by molar-refractivity contribution is 0.0730. The molecular weight excluding hydrogens is 444 g/mol. The molecular formula is C24H24N2O4S2. The second-order valence-corrected chi connectivity index (χ2v) is 10.2. The SMILES string of the molecule is O=C(Nc1ccc(S(=O)(=O)N2CCOCC2)cc1)c1ccccc1SCc1ccccc1. The van der Waals surface area contributed by atoms with Crippen molar-refractivity contribution in [3.05, 3.63) is 90.0 Å². The summed E-state index contributed by atoms with van der Waals surface area (Å²) < 4.78 is 32.2. The molecule has 32 heavy (non-hydrogen) atoms. The Morgan fingerprint density at radius 2 is 1.56 bits per heavy atom. The van der Waals surface area contributed by atoms with Crippen LogP contribution in [0.2, 0.25) is 0 Å². The number of benzene rings is 3. The number of hydrogen-bond acceptors (Lipinski definition) is 5. The molecule has 4 rings (SSSR count). The minimum atomic E-state index is -3.56. The molecule has 0 unspecified atom stereocenters. The lowest BCUT2D eigenvalue weighted by Crippen LogP contribution is -2.40. The monoisotopic (exact) mass is 468 g/mol. The molecule has 0 aromatic heterocycles. The van der Waals surface area contributed by atoms with Crippen molar-refractivity contribution in [3.63, 3.8) is 0 Å². The smallest absolute Gasteiger partial charge is 0.256 e. The van der Waals surface area contributed by atoms with Crippen LogP contribution in [0.25, 0.3) is 0 Å². The molecule has 0 spiro atoms. The third-order valence-electron chi connectivity index (χ3n) is 5.09. The average molecular weight is 469 g/mol. The van der Waals surface area contributed by atoms with E-state index in [2.05, 4.69) is 17.4 Å². The van der Waals surface area contributed by atoms with Crippen LogP contribution < -0.4 is 5.32 Å². The van der Waals surface area contributed by atoms with Gasteiger partial charge in [-0.3, -0.25) is 4.79 Å². The first-order valence-electron chi connectivity index (χ1n) is 10.3. The van der Waals surface area contributed by atoms with Gasteiger partial charge < -0.3 is 10.1 Å². The molecule has 1 heterocycles. The van der Waals surface area contributed by atoms with Crippen LogP contribution in [-0.4, -0.2) is 44.9 Å². The first kappa shape index (κ1) is 22.5. The van der Waals surface area contributed by atoms with Gasteiger partial charge in [0.1, 0.15) is 0 Å². The van der Waals surface area contributed by atoms with E-state index >= 15 is 0 Å². The summed E-state index contributed by atoms with van der Waals surface area (Å²) >= 11 is 1.60. The molecule has 1 aliphatic rings. The Morgan fingerprint density at radius 1 is 0.906 bits per heavy atom. The molecule has 0 atom stereocenters. The van der Waals surface area contributed by atoms with Crippen LogP contribution in [0.4, 0.5) is 5.69 Å². The van der Waals surface area contributed by atoms with Gasteiger partial charge in [0, 0.05) is 29.4 Å². The fraction of sp³-hybridized carbons (Fsp3) is 0.208. The number of nitrogens with zero attached hydrogens (tertiary/aromatic N) is 1. The fourth-order valence-corrected chi connectivity index (χ4v) is 5.77. The van der Waals surface area contributed by atoms with Gasteiger partial charge in [-0.05, 0) is 42.0 Å². The van der Waals surface area contributed by atoms with Crippen molar-refractivity contribution in [2.45, 2.75) is 15.5 Å². The van der Waals surface area contributed by atoms with E-state index in [0.717, 1.165) is 10.6 Å². The Balaban J connectivity index is 1.44. The van der Waals surface area contributed by atoms with Crippen LogP contribution in [0.5, 0.6) is 0 Å². The standard InChI is InChI=1S/C24H24N2O4S2/c27-24(22-8-4-5-9-23(22)31-18-19-6-2-1-3-7-19)25-20-10-12-21(13-11-20)32(28,29)26-14-16-30-17-15-26/h1-13H,14-18H2,(H,25,27). The summed E-state index contributed by atoms with van der Waals surface area (Å²) in [5.41, 5.74) is 2.31. The molecule has 1 aliphatic heterocycles. The fourth-order valence-electron chi connectivity index (χ4n) is 3.36. The van der Waals surface area contributed by atoms with Gasteiger partial charge in [0.25, 0.3) is 5.91 Å². The minimum absolute atomic E-state index is 0.205.